The molecule has 0 saturated heterocycles. The number of phenolic OH excluding ortho intramolecular Hbond substituents is 1. The highest BCUT2D eigenvalue weighted by atomic mass is 28.3. The Kier molecular flexibility index (Phi) is 7.83. The van der Waals surface area contributed by atoms with Gasteiger partial charge in [-0.05, 0) is 54.3 Å². The Bertz CT molecular complexity index is 1130. The van der Waals surface area contributed by atoms with E-state index in [1.54, 1.807) is 24.3 Å². The molecule has 1 fully saturated rings. The Morgan fingerprint density at radius 2 is 1.67 bits per heavy atom. The van der Waals surface area contributed by atoms with E-state index >= 15 is 0 Å². The number of aromatic hydroxyl groups is 1. The van der Waals surface area contributed by atoms with Gasteiger partial charge in [0.1, 0.15) is 5.75 Å². The largest absolute Gasteiger partial charge is 0.508 e. The average molecular weight is 510 g/mol. The number of nitrogens with zero attached hydrogens (tertiary/aromatic N) is 1. The molecule has 192 valence electrons. The van der Waals surface area contributed by atoms with E-state index in [0.29, 0.717) is 30.9 Å². The Labute approximate surface area is 213 Å². The van der Waals surface area contributed by atoms with Gasteiger partial charge >= 0.3 is 11.9 Å². The zero-order valence-corrected chi connectivity index (χ0v) is 22.4. The highest BCUT2D eigenvalue weighted by Gasteiger charge is 2.57. The van der Waals surface area contributed by atoms with Gasteiger partial charge in [-0.3, -0.25) is 9.59 Å². The van der Waals surface area contributed by atoms with E-state index in [-0.39, 0.29) is 24.2 Å². The van der Waals surface area contributed by atoms with E-state index in [4.69, 9.17) is 14.3 Å². The van der Waals surface area contributed by atoms with Gasteiger partial charge in [-0.1, -0.05) is 56.0 Å². The molecule has 1 saturated carbocycles. The standard InChI is InChI=1S/C28H35NO6Si/c1-5-13-33-28(32)26-24-21-16-18(30)11-12-20(21)22(25(26)27(31)34-14-15-36(2,3)4)17-23(24)29-35-19-9-7-6-8-10-19/h6-12,16,22,24-26,30H,5,13-15,17H2,1-4H3/b29-23+/t22?,24-,25-,26-/m1/s1. The molecule has 3 aliphatic carbocycles. The number of oxime groups is 1. The molecule has 2 aromatic carbocycles. The van der Waals surface area contributed by atoms with Crippen molar-refractivity contribution in [1.29, 1.82) is 0 Å². The summed E-state index contributed by atoms with van der Waals surface area (Å²) in [7, 11) is -1.40. The smallest absolute Gasteiger partial charge is 0.310 e. The predicted molar refractivity (Wildman–Crippen MR) is 140 cm³/mol. The Balaban J connectivity index is 1.72. The van der Waals surface area contributed by atoms with Gasteiger partial charge in [0.05, 0.1) is 30.8 Å². The van der Waals surface area contributed by atoms with Crippen LogP contribution >= 0.6 is 0 Å². The van der Waals surface area contributed by atoms with Crippen LogP contribution in [0.3, 0.4) is 0 Å². The molecule has 3 aliphatic rings. The van der Waals surface area contributed by atoms with Crippen LogP contribution in [0.2, 0.25) is 25.7 Å². The number of rotatable bonds is 9. The molecule has 0 aromatic heterocycles. The summed E-state index contributed by atoms with van der Waals surface area (Å²) in [6, 6.07) is 15.2. The highest BCUT2D eigenvalue weighted by molar-refractivity contribution is 6.76. The van der Waals surface area contributed by atoms with Crippen molar-refractivity contribution >= 4 is 25.7 Å². The van der Waals surface area contributed by atoms with Crippen molar-refractivity contribution in [2.75, 3.05) is 13.2 Å². The molecule has 0 heterocycles. The van der Waals surface area contributed by atoms with Crippen LogP contribution < -0.4 is 4.84 Å². The Morgan fingerprint density at radius 3 is 2.36 bits per heavy atom. The fourth-order valence-corrected chi connectivity index (χ4v) is 5.84. The van der Waals surface area contributed by atoms with E-state index in [1.807, 2.05) is 31.2 Å². The first-order chi connectivity index (χ1) is 17.2. The number of hydrogen-bond acceptors (Lipinski definition) is 7. The van der Waals surface area contributed by atoms with E-state index in [2.05, 4.69) is 24.8 Å². The van der Waals surface area contributed by atoms with Gasteiger partial charge in [0.2, 0.25) is 0 Å². The zero-order valence-electron chi connectivity index (χ0n) is 21.4. The second-order valence-corrected chi connectivity index (χ2v) is 16.4. The van der Waals surface area contributed by atoms with Crippen LogP contribution in [-0.2, 0) is 19.1 Å². The SMILES string of the molecule is CCCOC(=O)[C@H]1[C@H](C(=O)OCC[Si](C)(C)C)C2C/C(=N\Oc3ccccc3)[C@H]1c1cc(O)ccc12. The van der Waals surface area contributed by atoms with Crippen LogP contribution in [0.15, 0.2) is 53.7 Å². The molecule has 2 aromatic rings. The maximum atomic E-state index is 13.5. The molecule has 0 radical (unpaired) electrons. The molecular weight excluding hydrogens is 474 g/mol. The van der Waals surface area contributed by atoms with Gasteiger partial charge in [0, 0.05) is 19.9 Å². The average Bonchev–Trinajstić information content (AvgIpc) is 2.85. The number of hydrogen-bond donors (Lipinski definition) is 1. The first kappa shape index (κ1) is 25.9. The molecule has 2 bridgehead atoms. The van der Waals surface area contributed by atoms with Crippen molar-refractivity contribution in [3.63, 3.8) is 0 Å². The molecule has 0 amide bonds. The van der Waals surface area contributed by atoms with Gasteiger partial charge in [-0.2, -0.15) is 0 Å². The van der Waals surface area contributed by atoms with E-state index < -0.39 is 31.8 Å². The van der Waals surface area contributed by atoms with Gasteiger partial charge < -0.3 is 19.4 Å². The topological polar surface area (TPSA) is 94.4 Å². The Hall–Kier alpha value is -3.13. The number of carbonyl (C=O) groups excluding carboxylic acids is 2. The highest BCUT2D eigenvalue weighted by Crippen LogP contribution is 2.55. The first-order valence-corrected chi connectivity index (χ1v) is 16.3. The van der Waals surface area contributed by atoms with E-state index in [9.17, 15) is 14.7 Å². The van der Waals surface area contributed by atoms with Crippen molar-refractivity contribution in [3.05, 3.63) is 59.7 Å². The van der Waals surface area contributed by atoms with Crippen LogP contribution in [0, 0.1) is 11.8 Å². The Morgan fingerprint density at radius 1 is 0.972 bits per heavy atom. The lowest BCUT2D eigenvalue weighted by atomic mass is 9.55. The van der Waals surface area contributed by atoms with Crippen LogP contribution in [-0.4, -0.2) is 44.0 Å². The lowest BCUT2D eigenvalue weighted by Gasteiger charge is -2.47. The molecule has 0 spiro atoms. The third kappa shape index (κ3) is 5.64. The van der Waals surface area contributed by atoms with Gasteiger partial charge in [0.25, 0.3) is 0 Å². The molecule has 1 N–H and O–H groups in total. The van der Waals surface area contributed by atoms with Crippen molar-refractivity contribution < 1.29 is 29.0 Å². The summed E-state index contributed by atoms with van der Waals surface area (Å²) >= 11 is 0. The molecule has 7 nitrogen and oxygen atoms in total. The summed E-state index contributed by atoms with van der Waals surface area (Å²) in [6.45, 7) is 9.23. The van der Waals surface area contributed by atoms with Crippen molar-refractivity contribution in [3.8, 4) is 11.5 Å². The second-order valence-electron chi connectivity index (χ2n) is 10.8. The summed E-state index contributed by atoms with van der Waals surface area (Å²) in [6.07, 6.45) is 1.13. The minimum atomic E-state index is -1.40. The van der Waals surface area contributed by atoms with Gasteiger partial charge in [-0.15, -0.1) is 0 Å². The third-order valence-corrected chi connectivity index (χ3v) is 8.58. The van der Waals surface area contributed by atoms with Crippen molar-refractivity contribution in [2.45, 2.75) is 57.3 Å². The van der Waals surface area contributed by atoms with Crippen LogP contribution in [0.5, 0.6) is 11.5 Å². The van der Waals surface area contributed by atoms with Crippen LogP contribution in [0.25, 0.3) is 0 Å². The van der Waals surface area contributed by atoms with Gasteiger partial charge in [-0.25, -0.2) is 0 Å². The predicted octanol–water partition coefficient (Wildman–Crippen LogP) is 5.48. The first-order valence-electron chi connectivity index (χ1n) is 12.6. The summed E-state index contributed by atoms with van der Waals surface area (Å²) in [5.41, 5.74) is 2.38. The minimum absolute atomic E-state index is 0.0968. The molecule has 4 atom stereocenters. The number of benzene rings is 2. The molecule has 36 heavy (non-hydrogen) atoms. The van der Waals surface area contributed by atoms with Gasteiger partial charge in [0.15, 0.2) is 5.75 Å². The number of phenols is 1. The molecular formula is C28H35NO6Si. The number of fused-ring (bicyclic) bond motifs is 2. The summed E-state index contributed by atoms with van der Waals surface area (Å²) in [4.78, 5) is 32.6. The minimum Gasteiger partial charge on any atom is -0.508 e. The third-order valence-electron chi connectivity index (χ3n) is 6.87. The number of para-hydroxylation sites is 1. The fourth-order valence-electron chi connectivity index (χ4n) is 5.12. The number of esters is 2. The molecule has 1 unspecified atom stereocenters. The fraction of sp³-hybridized carbons (Fsp3) is 0.464. The summed E-state index contributed by atoms with van der Waals surface area (Å²) in [5.74, 6) is -2.52. The molecule has 5 rings (SSSR count). The summed E-state index contributed by atoms with van der Waals surface area (Å²) in [5, 5.41) is 14.7. The number of ether oxygens (including phenoxy) is 2. The normalized spacial score (nSPS) is 23.7. The molecule has 0 aliphatic heterocycles. The molecule has 8 heteroatoms. The lowest BCUT2D eigenvalue weighted by Crippen LogP contribution is -2.51. The maximum Gasteiger partial charge on any atom is 0.310 e. The van der Waals surface area contributed by atoms with Crippen molar-refractivity contribution in [1.82, 2.24) is 0 Å². The zero-order chi connectivity index (χ0) is 25.9. The van der Waals surface area contributed by atoms with E-state index in [1.165, 1.54) is 0 Å². The second kappa shape index (κ2) is 10.9. The lowest BCUT2D eigenvalue weighted by molar-refractivity contribution is -0.163. The van der Waals surface area contributed by atoms with Crippen LogP contribution in [0.1, 0.15) is 42.7 Å². The van der Waals surface area contributed by atoms with Crippen LogP contribution in [0.4, 0.5) is 0 Å². The summed E-state index contributed by atoms with van der Waals surface area (Å²) < 4.78 is 11.3. The van der Waals surface area contributed by atoms with Crippen molar-refractivity contribution in [2.24, 2.45) is 17.0 Å². The number of carbonyl (C=O) groups is 2. The monoisotopic (exact) mass is 509 g/mol. The van der Waals surface area contributed by atoms with E-state index in [0.717, 1.165) is 17.2 Å². The maximum absolute atomic E-state index is 13.5. The quantitative estimate of drug-likeness (QED) is 0.273.